The highest BCUT2D eigenvalue weighted by molar-refractivity contribution is 5.76. The lowest BCUT2D eigenvalue weighted by molar-refractivity contribution is -0.136. The Labute approximate surface area is 78.7 Å². The van der Waals surface area contributed by atoms with Crippen molar-refractivity contribution in [3.05, 3.63) is 11.3 Å². The molecule has 0 bridgehead atoms. The van der Waals surface area contributed by atoms with Crippen molar-refractivity contribution in [2.24, 2.45) is 0 Å². The highest BCUT2D eigenvalue weighted by atomic mass is 16.5. The number of rotatable bonds is 2. The van der Waals surface area contributed by atoms with Gasteiger partial charge in [-0.2, -0.15) is 0 Å². The second kappa shape index (κ2) is 3.50. The number of carbonyl (C=O) groups is 1. The molecule has 0 aromatic rings. The molecular weight excluding hydrogens is 168 g/mol. The largest absolute Gasteiger partial charge is 0.431 e. The average molecular weight is 184 g/mol. The van der Waals surface area contributed by atoms with Crippen LogP contribution in [0.1, 0.15) is 34.1 Å². The van der Waals surface area contributed by atoms with Gasteiger partial charge in [-0.3, -0.25) is 4.79 Å². The van der Waals surface area contributed by atoms with Crippen molar-refractivity contribution in [3.8, 4) is 0 Å². The number of esters is 1. The van der Waals surface area contributed by atoms with Crippen molar-refractivity contribution in [1.29, 1.82) is 0 Å². The molecule has 0 aromatic heterocycles. The first-order valence-electron chi connectivity index (χ1n) is 4.42. The summed E-state index contributed by atoms with van der Waals surface area (Å²) < 4.78 is 10.4. The van der Waals surface area contributed by atoms with Crippen LogP contribution in [0.25, 0.3) is 0 Å². The molecule has 0 spiro atoms. The summed E-state index contributed by atoms with van der Waals surface area (Å²) in [6.07, 6.45) is 0.377. The van der Waals surface area contributed by atoms with Gasteiger partial charge in [0.05, 0.1) is 18.6 Å². The average Bonchev–Trinajstić information content (AvgIpc) is 2.24. The van der Waals surface area contributed by atoms with E-state index in [4.69, 9.17) is 9.47 Å². The van der Waals surface area contributed by atoms with E-state index in [1.54, 1.807) is 6.92 Å². The first kappa shape index (κ1) is 10.3. The summed E-state index contributed by atoms with van der Waals surface area (Å²) in [6.45, 7) is 8.24. The summed E-state index contributed by atoms with van der Waals surface area (Å²) in [6, 6.07) is 0. The number of carbonyl (C=O) groups excluding carboxylic acids is 1. The summed E-state index contributed by atoms with van der Waals surface area (Å²) in [5, 5.41) is 0. The van der Waals surface area contributed by atoms with Crippen LogP contribution in [0, 0.1) is 0 Å². The van der Waals surface area contributed by atoms with Gasteiger partial charge < -0.3 is 9.47 Å². The summed E-state index contributed by atoms with van der Waals surface area (Å²) in [5.74, 6) is 0.527. The quantitative estimate of drug-likeness (QED) is 0.616. The molecule has 1 rings (SSSR count). The van der Waals surface area contributed by atoms with E-state index in [0.717, 1.165) is 5.57 Å². The molecule has 0 aliphatic carbocycles. The molecule has 0 radical (unpaired) electrons. The Bertz CT molecular complexity index is 245. The molecule has 0 aromatic carbocycles. The predicted molar refractivity (Wildman–Crippen MR) is 49.1 cm³/mol. The topological polar surface area (TPSA) is 35.5 Å². The zero-order valence-electron chi connectivity index (χ0n) is 8.64. The van der Waals surface area contributed by atoms with E-state index < -0.39 is 0 Å². The fraction of sp³-hybridized carbons (Fsp3) is 0.700. The van der Waals surface area contributed by atoms with Crippen LogP contribution in [0.3, 0.4) is 0 Å². The van der Waals surface area contributed by atoms with Crippen LogP contribution in [0.4, 0.5) is 0 Å². The monoisotopic (exact) mass is 184 g/mol. The van der Waals surface area contributed by atoms with Gasteiger partial charge in [0.25, 0.3) is 0 Å². The minimum absolute atomic E-state index is 0.168. The molecule has 0 amide bonds. The van der Waals surface area contributed by atoms with Gasteiger partial charge in [0.2, 0.25) is 0 Å². The molecule has 1 heterocycles. The van der Waals surface area contributed by atoms with Gasteiger partial charge in [0.15, 0.2) is 0 Å². The van der Waals surface area contributed by atoms with Crippen LogP contribution in [-0.2, 0) is 14.3 Å². The number of allylic oxidation sites excluding steroid dienone is 1. The van der Waals surface area contributed by atoms with Crippen LogP contribution >= 0.6 is 0 Å². The van der Waals surface area contributed by atoms with E-state index in [1.807, 2.05) is 20.8 Å². The minimum atomic E-state index is -0.176. The number of hydrogen-bond acceptors (Lipinski definition) is 3. The first-order valence-corrected chi connectivity index (χ1v) is 4.42. The number of ether oxygens (including phenoxy) is 2. The molecule has 0 saturated heterocycles. The van der Waals surface area contributed by atoms with E-state index in [-0.39, 0.29) is 11.6 Å². The number of hydrogen-bond donors (Lipinski definition) is 0. The Kier molecular flexibility index (Phi) is 2.76. The Balaban J connectivity index is 2.46. The molecule has 0 fully saturated rings. The number of cyclic esters (lactones) is 1. The normalized spacial score (nSPS) is 18.0. The molecule has 74 valence electrons. The van der Waals surface area contributed by atoms with Gasteiger partial charge >= 0.3 is 5.97 Å². The third-order valence-electron chi connectivity index (χ3n) is 1.80. The molecule has 0 saturated carbocycles. The second-order valence-corrected chi connectivity index (χ2v) is 4.21. The second-order valence-electron chi connectivity index (χ2n) is 4.21. The van der Waals surface area contributed by atoms with E-state index in [9.17, 15) is 4.79 Å². The van der Waals surface area contributed by atoms with Gasteiger partial charge in [-0.25, -0.2) is 0 Å². The van der Waals surface area contributed by atoms with E-state index in [0.29, 0.717) is 18.8 Å². The maximum Gasteiger partial charge on any atom is 0.315 e. The van der Waals surface area contributed by atoms with Crippen LogP contribution < -0.4 is 0 Å². The van der Waals surface area contributed by atoms with Gasteiger partial charge in [-0.05, 0) is 27.7 Å². The summed E-state index contributed by atoms with van der Waals surface area (Å²) in [5.41, 5.74) is 0.791. The first-order chi connectivity index (χ1) is 5.88. The van der Waals surface area contributed by atoms with E-state index in [1.165, 1.54) is 0 Å². The Morgan fingerprint density at radius 3 is 2.46 bits per heavy atom. The summed E-state index contributed by atoms with van der Waals surface area (Å²) >= 11 is 0. The molecule has 0 atom stereocenters. The Morgan fingerprint density at radius 2 is 2.08 bits per heavy atom. The van der Waals surface area contributed by atoms with Gasteiger partial charge in [-0.15, -0.1) is 0 Å². The van der Waals surface area contributed by atoms with E-state index in [2.05, 4.69) is 0 Å². The minimum Gasteiger partial charge on any atom is -0.431 e. The fourth-order valence-corrected chi connectivity index (χ4v) is 1.03. The lowest BCUT2D eigenvalue weighted by Crippen LogP contribution is -2.20. The van der Waals surface area contributed by atoms with Gasteiger partial charge in [0.1, 0.15) is 5.76 Å². The van der Waals surface area contributed by atoms with Crippen LogP contribution in [0.15, 0.2) is 11.3 Å². The summed E-state index contributed by atoms with van der Waals surface area (Å²) in [4.78, 5) is 10.9. The molecule has 0 unspecified atom stereocenters. The Morgan fingerprint density at radius 1 is 1.46 bits per heavy atom. The van der Waals surface area contributed by atoms with Crippen molar-refractivity contribution in [2.45, 2.75) is 39.7 Å². The molecule has 3 nitrogen and oxygen atoms in total. The van der Waals surface area contributed by atoms with Crippen molar-refractivity contribution in [3.63, 3.8) is 0 Å². The highest BCUT2D eigenvalue weighted by Gasteiger charge is 2.22. The molecule has 3 heteroatoms. The van der Waals surface area contributed by atoms with Crippen LogP contribution in [-0.4, -0.2) is 18.2 Å². The maximum absolute atomic E-state index is 10.9. The smallest absolute Gasteiger partial charge is 0.315 e. The lowest BCUT2D eigenvalue weighted by atomic mass is 10.1. The zero-order chi connectivity index (χ0) is 10.1. The van der Waals surface area contributed by atoms with Crippen molar-refractivity contribution in [1.82, 2.24) is 0 Å². The third kappa shape index (κ3) is 3.19. The van der Waals surface area contributed by atoms with Crippen LogP contribution in [0.5, 0.6) is 0 Å². The zero-order valence-corrected chi connectivity index (χ0v) is 8.64. The SMILES string of the molecule is CC1=C(COC(C)(C)C)CC(=O)O1. The van der Waals surface area contributed by atoms with Crippen molar-refractivity contribution in [2.75, 3.05) is 6.61 Å². The van der Waals surface area contributed by atoms with Crippen molar-refractivity contribution >= 4 is 5.97 Å². The highest BCUT2D eigenvalue weighted by Crippen LogP contribution is 2.21. The molecular formula is C10H16O3. The molecule has 1 aliphatic rings. The summed E-state index contributed by atoms with van der Waals surface area (Å²) in [7, 11) is 0. The van der Waals surface area contributed by atoms with Gasteiger partial charge in [-0.1, -0.05) is 0 Å². The Hall–Kier alpha value is -0.830. The van der Waals surface area contributed by atoms with Crippen molar-refractivity contribution < 1.29 is 14.3 Å². The van der Waals surface area contributed by atoms with Crippen LogP contribution in [0.2, 0.25) is 0 Å². The van der Waals surface area contributed by atoms with E-state index >= 15 is 0 Å². The standard InChI is InChI=1S/C10H16O3/c1-7-8(5-9(11)13-7)6-12-10(2,3)4/h5-6H2,1-4H3. The molecule has 0 N–H and O–H groups in total. The van der Waals surface area contributed by atoms with Gasteiger partial charge in [0, 0.05) is 5.57 Å². The lowest BCUT2D eigenvalue weighted by Gasteiger charge is -2.19. The fourth-order valence-electron chi connectivity index (χ4n) is 1.03. The third-order valence-corrected chi connectivity index (χ3v) is 1.80. The predicted octanol–water partition coefficient (Wildman–Crippen LogP) is 2.02. The molecule has 13 heavy (non-hydrogen) atoms. The molecule has 1 aliphatic heterocycles. The maximum atomic E-state index is 10.9.